The molecule has 23 heavy (non-hydrogen) atoms. The summed E-state index contributed by atoms with van der Waals surface area (Å²) in [6, 6.07) is 7.57. The summed E-state index contributed by atoms with van der Waals surface area (Å²) in [6.07, 6.45) is 0.844. The standard InChI is InChI=1S/C17H22N2O3S/c1-10(2)15(12-5-7-13(22-4)8-6-12)19-16(21)14-9-18-17(23-14)11(3)20/h5-11,15,20H,1-4H3,(H,19,21)/t11-,15-/m0/s1. The van der Waals surface area contributed by atoms with Crippen molar-refractivity contribution >= 4 is 17.2 Å². The van der Waals surface area contributed by atoms with Gasteiger partial charge in [0.2, 0.25) is 0 Å². The number of ether oxygens (including phenoxy) is 1. The summed E-state index contributed by atoms with van der Waals surface area (Å²) in [5, 5.41) is 13.1. The van der Waals surface area contributed by atoms with Gasteiger partial charge in [0, 0.05) is 0 Å². The van der Waals surface area contributed by atoms with Gasteiger partial charge in [-0.25, -0.2) is 4.98 Å². The smallest absolute Gasteiger partial charge is 0.263 e. The molecule has 0 saturated heterocycles. The zero-order valence-electron chi connectivity index (χ0n) is 13.7. The number of benzene rings is 1. The molecule has 6 heteroatoms. The van der Waals surface area contributed by atoms with Gasteiger partial charge in [0.15, 0.2) is 0 Å². The molecule has 0 radical (unpaired) electrons. The van der Waals surface area contributed by atoms with Crippen LogP contribution in [0.1, 0.15) is 53.2 Å². The fourth-order valence-corrected chi connectivity index (χ4v) is 3.00. The fraction of sp³-hybridized carbons (Fsp3) is 0.412. The lowest BCUT2D eigenvalue weighted by atomic mass is 9.96. The zero-order valence-corrected chi connectivity index (χ0v) is 14.6. The van der Waals surface area contributed by atoms with E-state index in [-0.39, 0.29) is 17.9 Å². The van der Waals surface area contributed by atoms with E-state index in [0.29, 0.717) is 9.88 Å². The molecule has 1 heterocycles. The molecule has 1 aromatic carbocycles. The summed E-state index contributed by atoms with van der Waals surface area (Å²) in [7, 11) is 1.63. The number of carbonyl (C=O) groups excluding carboxylic acids is 1. The van der Waals surface area contributed by atoms with Crippen LogP contribution in [0.5, 0.6) is 5.75 Å². The van der Waals surface area contributed by atoms with Crippen LogP contribution in [0.4, 0.5) is 0 Å². The monoisotopic (exact) mass is 334 g/mol. The topological polar surface area (TPSA) is 71.5 Å². The van der Waals surface area contributed by atoms with Crippen molar-refractivity contribution < 1.29 is 14.6 Å². The van der Waals surface area contributed by atoms with Crippen molar-refractivity contribution in [2.24, 2.45) is 5.92 Å². The Morgan fingerprint density at radius 3 is 2.39 bits per heavy atom. The van der Waals surface area contributed by atoms with Crippen molar-refractivity contribution in [3.63, 3.8) is 0 Å². The van der Waals surface area contributed by atoms with Gasteiger partial charge >= 0.3 is 0 Å². The molecule has 0 bridgehead atoms. The number of amides is 1. The van der Waals surface area contributed by atoms with Crippen LogP contribution in [0.25, 0.3) is 0 Å². The van der Waals surface area contributed by atoms with Crippen LogP contribution in [0.15, 0.2) is 30.5 Å². The highest BCUT2D eigenvalue weighted by Crippen LogP contribution is 2.26. The summed E-state index contributed by atoms with van der Waals surface area (Å²) in [4.78, 5) is 17.0. The van der Waals surface area contributed by atoms with Gasteiger partial charge in [-0.15, -0.1) is 11.3 Å². The minimum atomic E-state index is -0.663. The van der Waals surface area contributed by atoms with E-state index in [1.807, 2.05) is 24.3 Å². The number of carbonyl (C=O) groups is 1. The predicted molar refractivity (Wildman–Crippen MR) is 90.8 cm³/mol. The zero-order chi connectivity index (χ0) is 17.0. The lowest BCUT2D eigenvalue weighted by Gasteiger charge is -2.22. The number of methoxy groups -OCH3 is 1. The highest BCUT2D eigenvalue weighted by molar-refractivity contribution is 7.13. The molecule has 0 fully saturated rings. The van der Waals surface area contributed by atoms with Crippen molar-refractivity contribution in [1.29, 1.82) is 0 Å². The summed E-state index contributed by atoms with van der Waals surface area (Å²) in [5.74, 6) is 0.840. The maximum absolute atomic E-state index is 12.4. The van der Waals surface area contributed by atoms with Crippen LogP contribution in [0.2, 0.25) is 0 Å². The van der Waals surface area contributed by atoms with E-state index in [0.717, 1.165) is 11.3 Å². The number of aliphatic hydroxyl groups is 1. The highest BCUT2D eigenvalue weighted by atomic mass is 32.1. The molecule has 0 unspecified atom stereocenters. The third kappa shape index (κ3) is 4.30. The van der Waals surface area contributed by atoms with Gasteiger partial charge in [0.25, 0.3) is 5.91 Å². The van der Waals surface area contributed by atoms with Crippen molar-refractivity contribution in [1.82, 2.24) is 10.3 Å². The first-order valence-electron chi connectivity index (χ1n) is 7.51. The van der Waals surface area contributed by atoms with E-state index in [1.54, 1.807) is 14.0 Å². The minimum Gasteiger partial charge on any atom is -0.497 e. The van der Waals surface area contributed by atoms with Crippen molar-refractivity contribution in [2.75, 3.05) is 7.11 Å². The average Bonchev–Trinajstić information content (AvgIpc) is 3.02. The highest BCUT2D eigenvalue weighted by Gasteiger charge is 2.21. The van der Waals surface area contributed by atoms with Gasteiger partial charge in [-0.1, -0.05) is 26.0 Å². The van der Waals surface area contributed by atoms with Gasteiger partial charge in [0.05, 0.1) is 19.3 Å². The molecule has 0 spiro atoms. The second-order valence-corrected chi connectivity index (χ2v) is 6.77. The molecule has 0 aliphatic carbocycles. The first kappa shape index (κ1) is 17.4. The molecule has 2 N–H and O–H groups in total. The van der Waals surface area contributed by atoms with Crippen LogP contribution in [-0.4, -0.2) is 23.1 Å². The van der Waals surface area contributed by atoms with E-state index in [4.69, 9.17) is 4.74 Å². The third-order valence-corrected chi connectivity index (χ3v) is 4.70. The number of hydrogen-bond acceptors (Lipinski definition) is 5. The summed E-state index contributed by atoms with van der Waals surface area (Å²) < 4.78 is 5.17. The Balaban J connectivity index is 2.16. The first-order valence-corrected chi connectivity index (χ1v) is 8.32. The summed E-state index contributed by atoms with van der Waals surface area (Å²) in [6.45, 7) is 5.75. The molecule has 1 aromatic heterocycles. The van der Waals surface area contributed by atoms with E-state index >= 15 is 0 Å². The van der Waals surface area contributed by atoms with Crippen LogP contribution >= 0.6 is 11.3 Å². The van der Waals surface area contributed by atoms with E-state index in [9.17, 15) is 9.90 Å². The number of nitrogens with zero attached hydrogens (tertiary/aromatic N) is 1. The van der Waals surface area contributed by atoms with Gasteiger partial charge in [-0.05, 0) is 30.5 Å². The Hall–Kier alpha value is -1.92. The van der Waals surface area contributed by atoms with Crippen LogP contribution in [0, 0.1) is 5.92 Å². The van der Waals surface area contributed by atoms with Crippen LogP contribution < -0.4 is 10.1 Å². The normalized spacial score (nSPS) is 13.7. The molecule has 124 valence electrons. The number of hydrogen-bond donors (Lipinski definition) is 2. The molecule has 2 aromatic rings. The molecule has 2 atom stereocenters. The number of aliphatic hydroxyl groups excluding tert-OH is 1. The Kier molecular flexibility index (Phi) is 5.74. The van der Waals surface area contributed by atoms with E-state index in [2.05, 4.69) is 24.1 Å². The molecular formula is C17H22N2O3S. The Morgan fingerprint density at radius 2 is 1.91 bits per heavy atom. The Bertz CT molecular complexity index is 650. The maximum Gasteiger partial charge on any atom is 0.263 e. The van der Waals surface area contributed by atoms with Crippen molar-refractivity contribution in [3.8, 4) is 5.75 Å². The maximum atomic E-state index is 12.4. The number of thiazole rings is 1. The summed E-state index contributed by atoms with van der Waals surface area (Å²) >= 11 is 1.21. The third-order valence-electron chi connectivity index (χ3n) is 3.53. The number of rotatable bonds is 6. The van der Waals surface area contributed by atoms with Crippen LogP contribution in [0.3, 0.4) is 0 Å². The average molecular weight is 334 g/mol. The van der Waals surface area contributed by atoms with Crippen molar-refractivity contribution in [2.45, 2.75) is 32.9 Å². The molecule has 0 aliphatic rings. The lowest BCUT2D eigenvalue weighted by molar-refractivity contribution is 0.0929. The molecule has 5 nitrogen and oxygen atoms in total. The molecule has 0 saturated carbocycles. The second kappa shape index (κ2) is 7.57. The second-order valence-electron chi connectivity index (χ2n) is 5.71. The van der Waals surface area contributed by atoms with Gasteiger partial charge in [-0.2, -0.15) is 0 Å². The van der Waals surface area contributed by atoms with Gasteiger partial charge < -0.3 is 15.2 Å². The summed E-state index contributed by atoms with van der Waals surface area (Å²) in [5.41, 5.74) is 1.02. The van der Waals surface area contributed by atoms with Crippen molar-refractivity contribution in [3.05, 3.63) is 45.9 Å². The first-order chi connectivity index (χ1) is 10.9. The Labute approximate surface area is 140 Å². The predicted octanol–water partition coefficient (Wildman–Crippen LogP) is 3.33. The molecule has 2 rings (SSSR count). The van der Waals surface area contributed by atoms with Gasteiger partial charge in [0.1, 0.15) is 21.7 Å². The van der Waals surface area contributed by atoms with Crippen LogP contribution in [-0.2, 0) is 0 Å². The molecular weight excluding hydrogens is 312 g/mol. The number of aromatic nitrogens is 1. The minimum absolute atomic E-state index is 0.106. The Morgan fingerprint density at radius 1 is 1.26 bits per heavy atom. The lowest BCUT2D eigenvalue weighted by Crippen LogP contribution is -2.31. The number of nitrogens with one attached hydrogen (secondary N) is 1. The molecule has 0 aliphatic heterocycles. The SMILES string of the molecule is COc1ccc([C@@H](NC(=O)c2cnc([C@H](C)O)s2)C(C)C)cc1. The quantitative estimate of drug-likeness (QED) is 0.850. The van der Waals surface area contributed by atoms with Gasteiger partial charge in [-0.3, -0.25) is 4.79 Å². The van der Waals surface area contributed by atoms with E-state index in [1.165, 1.54) is 17.5 Å². The molecule has 1 amide bonds. The fourth-order valence-electron chi connectivity index (χ4n) is 2.24. The van der Waals surface area contributed by atoms with E-state index < -0.39 is 6.10 Å². The largest absolute Gasteiger partial charge is 0.497 e.